The molecule has 2 aromatic rings. The second kappa shape index (κ2) is 8.24. The summed E-state index contributed by atoms with van der Waals surface area (Å²) in [6, 6.07) is 11.6. The van der Waals surface area contributed by atoms with E-state index in [9.17, 15) is 9.59 Å². The summed E-state index contributed by atoms with van der Waals surface area (Å²) in [7, 11) is 0. The van der Waals surface area contributed by atoms with Crippen LogP contribution < -0.4 is 19.5 Å². The summed E-state index contributed by atoms with van der Waals surface area (Å²) in [4.78, 5) is 24.0. The Bertz CT molecular complexity index is 787. The van der Waals surface area contributed by atoms with Gasteiger partial charge in [0.2, 0.25) is 0 Å². The molecule has 0 unspecified atom stereocenters. The van der Waals surface area contributed by atoms with Crippen LogP contribution in [0.5, 0.6) is 17.2 Å². The molecule has 2 aromatic carbocycles. The SMILES string of the molecule is CCOc1ccc(C(=O)OCC(=O)Nc2ccc3c(c2)OCCO3)cc1. The molecule has 0 aliphatic carbocycles. The van der Waals surface area contributed by atoms with E-state index in [-0.39, 0.29) is 6.61 Å². The number of esters is 1. The predicted octanol–water partition coefficient (Wildman–Crippen LogP) is 2.65. The smallest absolute Gasteiger partial charge is 0.338 e. The molecule has 0 saturated heterocycles. The minimum atomic E-state index is -0.578. The zero-order chi connectivity index (χ0) is 18.4. The van der Waals surface area contributed by atoms with E-state index in [1.54, 1.807) is 42.5 Å². The first kappa shape index (κ1) is 17.6. The molecule has 1 aliphatic rings. The third-order valence-electron chi connectivity index (χ3n) is 3.56. The van der Waals surface area contributed by atoms with Gasteiger partial charge in [0.05, 0.1) is 12.2 Å². The Morgan fingerprint density at radius 2 is 1.77 bits per heavy atom. The Labute approximate surface area is 150 Å². The molecule has 7 nitrogen and oxygen atoms in total. The van der Waals surface area contributed by atoms with Crippen LogP contribution in [0.4, 0.5) is 5.69 Å². The summed E-state index contributed by atoms with van der Waals surface area (Å²) in [5.41, 5.74) is 0.886. The first-order valence-electron chi connectivity index (χ1n) is 8.25. The highest BCUT2D eigenvalue weighted by molar-refractivity contribution is 5.95. The lowest BCUT2D eigenvalue weighted by molar-refractivity contribution is -0.119. The number of ether oxygens (including phenoxy) is 4. The Morgan fingerprint density at radius 3 is 2.50 bits per heavy atom. The van der Waals surface area contributed by atoms with Gasteiger partial charge in [-0.05, 0) is 43.3 Å². The maximum atomic E-state index is 12.0. The van der Waals surface area contributed by atoms with Gasteiger partial charge in [-0.3, -0.25) is 4.79 Å². The number of anilines is 1. The molecule has 1 N–H and O–H groups in total. The number of rotatable bonds is 6. The molecule has 1 heterocycles. The van der Waals surface area contributed by atoms with Crippen molar-refractivity contribution >= 4 is 17.6 Å². The number of fused-ring (bicyclic) bond motifs is 1. The third kappa shape index (κ3) is 4.44. The zero-order valence-corrected chi connectivity index (χ0v) is 14.3. The van der Waals surface area contributed by atoms with E-state index in [4.69, 9.17) is 18.9 Å². The maximum Gasteiger partial charge on any atom is 0.338 e. The van der Waals surface area contributed by atoms with Crippen LogP contribution in [0.3, 0.4) is 0 Å². The molecule has 0 saturated carbocycles. The van der Waals surface area contributed by atoms with E-state index in [1.165, 1.54) is 0 Å². The highest BCUT2D eigenvalue weighted by atomic mass is 16.6. The van der Waals surface area contributed by atoms with Gasteiger partial charge in [0.1, 0.15) is 19.0 Å². The van der Waals surface area contributed by atoms with Gasteiger partial charge < -0.3 is 24.3 Å². The van der Waals surface area contributed by atoms with Crippen molar-refractivity contribution in [2.24, 2.45) is 0 Å². The molecule has 0 spiro atoms. The van der Waals surface area contributed by atoms with Gasteiger partial charge in [-0.2, -0.15) is 0 Å². The van der Waals surface area contributed by atoms with E-state index in [1.807, 2.05) is 6.92 Å². The van der Waals surface area contributed by atoms with Crippen LogP contribution in [-0.4, -0.2) is 38.3 Å². The minimum absolute atomic E-state index is 0.348. The van der Waals surface area contributed by atoms with Gasteiger partial charge >= 0.3 is 5.97 Å². The van der Waals surface area contributed by atoms with Crippen LogP contribution in [0.15, 0.2) is 42.5 Å². The molecule has 1 amide bonds. The van der Waals surface area contributed by atoms with Crippen molar-refractivity contribution in [3.8, 4) is 17.2 Å². The van der Waals surface area contributed by atoms with Crippen molar-refractivity contribution in [2.45, 2.75) is 6.92 Å². The lowest BCUT2D eigenvalue weighted by Gasteiger charge is -2.19. The molecule has 3 rings (SSSR count). The van der Waals surface area contributed by atoms with Crippen molar-refractivity contribution in [1.82, 2.24) is 0 Å². The highest BCUT2D eigenvalue weighted by Gasteiger charge is 2.14. The van der Waals surface area contributed by atoms with Crippen LogP contribution in [-0.2, 0) is 9.53 Å². The number of benzene rings is 2. The molecular weight excluding hydrogens is 338 g/mol. The fraction of sp³-hybridized carbons (Fsp3) is 0.263. The third-order valence-corrected chi connectivity index (χ3v) is 3.56. The summed E-state index contributed by atoms with van der Waals surface area (Å²) in [5.74, 6) is 0.850. The number of nitrogens with one attached hydrogen (secondary N) is 1. The van der Waals surface area contributed by atoms with E-state index < -0.39 is 11.9 Å². The molecule has 0 aromatic heterocycles. The quantitative estimate of drug-likeness (QED) is 0.801. The van der Waals surface area contributed by atoms with Gasteiger partial charge in [-0.1, -0.05) is 0 Å². The molecule has 0 fully saturated rings. The average Bonchev–Trinajstić information content (AvgIpc) is 2.67. The normalized spacial score (nSPS) is 12.2. The highest BCUT2D eigenvalue weighted by Crippen LogP contribution is 2.32. The van der Waals surface area contributed by atoms with Gasteiger partial charge in [0.15, 0.2) is 18.1 Å². The van der Waals surface area contributed by atoms with Crippen molar-refractivity contribution in [3.63, 3.8) is 0 Å². The average molecular weight is 357 g/mol. The number of carbonyl (C=O) groups is 2. The Balaban J connectivity index is 1.51. The predicted molar refractivity (Wildman–Crippen MR) is 94.0 cm³/mol. The topological polar surface area (TPSA) is 83.1 Å². The molecule has 0 radical (unpaired) electrons. The van der Waals surface area contributed by atoms with Crippen LogP contribution in [0.2, 0.25) is 0 Å². The number of carbonyl (C=O) groups excluding carboxylic acids is 2. The van der Waals surface area contributed by atoms with Crippen LogP contribution >= 0.6 is 0 Å². The first-order chi connectivity index (χ1) is 12.7. The summed E-state index contributed by atoms with van der Waals surface area (Å²) < 4.78 is 21.2. The van der Waals surface area contributed by atoms with Crippen molar-refractivity contribution in [2.75, 3.05) is 31.7 Å². The molecule has 26 heavy (non-hydrogen) atoms. The van der Waals surface area contributed by atoms with Gasteiger partial charge in [-0.15, -0.1) is 0 Å². The van der Waals surface area contributed by atoms with Gasteiger partial charge in [0.25, 0.3) is 5.91 Å². The van der Waals surface area contributed by atoms with Gasteiger partial charge in [0, 0.05) is 11.8 Å². The molecule has 0 atom stereocenters. The Morgan fingerprint density at radius 1 is 1.04 bits per heavy atom. The van der Waals surface area contributed by atoms with Crippen LogP contribution in [0, 0.1) is 0 Å². The van der Waals surface area contributed by atoms with E-state index in [2.05, 4.69) is 5.32 Å². The van der Waals surface area contributed by atoms with Crippen molar-refractivity contribution in [3.05, 3.63) is 48.0 Å². The van der Waals surface area contributed by atoms with E-state index >= 15 is 0 Å². The number of hydrogen-bond donors (Lipinski definition) is 1. The minimum Gasteiger partial charge on any atom is -0.494 e. The number of amides is 1. The van der Waals surface area contributed by atoms with Crippen molar-refractivity contribution in [1.29, 1.82) is 0 Å². The van der Waals surface area contributed by atoms with E-state index in [0.717, 1.165) is 0 Å². The van der Waals surface area contributed by atoms with Crippen LogP contribution in [0.25, 0.3) is 0 Å². The fourth-order valence-corrected chi connectivity index (χ4v) is 2.39. The summed E-state index contributed by atoms with van der Waals surface area (Å²) >= 11 is 0. The summed E-state index contributed by atoms with van der Waals surface area (Å²) in [5, 5.41) is 2.65. The first-order valence-corrected chi connectivity index (χ1v) is 8.25. The Kier molecular flexibility index (Phi) is 5.58. The second-order valence-electron chi connectivity index (χ2n) is 5.44. The van der Waals surface area contributed by atoms with Gasteiger partial charge in [-0.25, -0.2) is 4.79 Å². The summed E-state index contributed by atoms with van der Waals surface area (Å²) in [6.07, 6.45) is 0. The molecule has 136 valence electrons. The summed E-state index contributed by atoms with van der Waals surface area (Å²) in [6.45, 7) is 3.00. The standard InChI is InChI=1S/C19H19NO6/c1-2-23-15-6-3-13(4-7-15)19(22)26-12-18(21)20-14-5-8-16-17(11-14)25-10-9-24-16/h3-8,11H,2,9-10,12H2,1H3,(H,20,21). The monoisotopic (exact) mass is 357 g/mol. The molecule has 7 heteroatoms. The largest absolute Gasteiger partial charge is 0.494 e. The zero-order valence-electron chi connectivity index (χ0n) is 14.3. The van der Waals surface area contributed by atoms with Crippen molar-refractivity contribution < 1.29 is 28.5 Å². The molecule has 0 bridgehead atoms. The molecule has 1 aliphatic heterocycles. The maximum absolute atomic E-state index is 12.0. The lowest BCUT2D eigenvalue weighted by Crippen LogP contribution is -2.21. The molecular formula is C19H19NO6. The fourth-order valence-electron chi connectivity index (χ4n) is 2.39. The lowest BCUT2D eigenvalue weighted by atomic mass is 10.2. The second-order valence-corrected chi connectivity index (χ2v) is 5.44. The van der Waals surface area contributed by atoms with Crippen LogP contribution in [0.1, 0.15) is 17.3 Å². The van der Waals surface area contributed by atoms with E-state index in [0.29, 0.717) is 48.3 Å². The Hall–Kier alpha value is -3.22. The number of hydrogen-bond acceptors (Lipinski definition) is 6.